The van der Waals surface area contributed by atoms with Gasteiger partial charge < -0.3 is 15.4 Å². The molecule has 1 fully saturated rings. The molecule has 2 aliphatic rings. The largest absolute Gasteiger partial charge is 0.383 e. The van der Waals surface area contributed by atoms with Crippen LogP contribution >= 0.6 is 11.3 Å². The molecule has 0 saturated carbocycles. The van der Waals surface area contributed by atoms with Crippen molar-refractivity contribution in [3.63, 3.8) is 0 Å². The summed E-state index contributed by atoms with van der Waals surface area (Å²) >= 11 is 1.94. The highest BCUT2D eigenvalue weighted by molar-refractivity contribution is 7.12. The van der Waals surface area contributed by atoms with E-state index in [4.69, 9.17) is 9.72 Å². The van der Waals surface area contributed by atoms with Gasteiger partial charge in [0.15, 0.2) is 0 Å². The van der Waals surface area contributed by atoms with E-state index in [-0.39, 0.29) is 5.54 Å². The molecule has 3 rings (SSSR count). The summed E-state index contributed by atoms with van der Waals surface area (Å²) in [5, 5.41) is 8.49. The van der Waals surface area contributed by atoms with E-state index in [1.807, 2.05) is 11.3 Å². The number of thiazole rings is 1. The normalized spacial score (nSPS) is 21.5. The number of methoxy groups -OCH3 is 1. The first-order valence-electron chi connectivity index (χ1n) is 7.28. The Balaban J connectivity index is 1.80. The molecule has 2 heterocycles. The Morgan fingerprint density at radius 1 is 1.37 bits per heavy atom. The van der Waals surface area contributed by atoms with Crippen molar-refractivity contribution in [1.29, 1.82) is 0 Å². The predicted molar refractivity (Wildman–Crippen MR) is 77.8 cm³/mol. The predicted octanol–water partition coefficient (Wildman–Crippen LogP) is 1.45. The molecule has 1 aromatic rings. The standard InChI is InChI=1S/C14H23N3OS/c1-18-10-9-16-14(5-7-15-8-6-14)13-17-11-3-2-4-12(11)19-13/h15-16H,2-10H2,1H3. The highest BCUT2D eigenvalue weighted by atomic mass is 32.1. The zero-order valence-electron chi connectivity index (χ0n) is 11.6. The smallest absolute Gasteiger partial charge is 0.113 e. The molecule has 1 aliphatic heterocycles. The topological polar surface area (TPSA) is 46.2 Å². The van der Waals surface area contributed by atoms with Crippen molar-refractivity contribution in [2.45, 2.75) is 37.6 Å². The van der Waals surface area contributed by atoms with E-state index in [0.717, 1.165) is 39.1 Å². The quantitative estimate of drug-likeness (QED) is 0.802. The minimum absolute atomic E-state index is 0.0821. The molecule has 0 bridgehead atoms. The van der Waals surface area contributed by atoms with E-state index >= 15 is 0 Å². The van der Waals surface area contributed by atoms with Gasteiger partial charge in [-0.1, -0.05) is 0 Å². The molecule has 19 heavy (non-hydrogen) atoms. The molecule has 0 radical (unpaired) electrons. The van der Waals surface area contributed by atoms with Gasteiger partial charge in [0.2, 0.25) is 0 Å². The molecule has 0 unspecified atom stereocenters. The van der Waals surface area contributed by atoms with Crippen molar-refractivity contribution < 1.29 is 4.74 Å². The Morgan fingerprint density at radius 2 is 2.21 bits per heavy atom. The summed E-state index contributed by atoms with van der Waals surface area (Å²) in [7, 11) is 1.76. The fourth-order valence-electron chi connectivity index (χ4n) is 3.11. The summed E-state index contributed by atoms with van der Waals surface area (Å²) in [6, 6.07) is 0. The number of nitrogens with zero attached hydrogens (tertiary/aromatic N) is 1. The highest BCUT2D eigenvalue weighted by Crippen LogP contribution is 2.37. The van der Waals surface area contributed by atoms with Crippen LogP contribution in [0, 0.1) is 0 Å². The lowest BCUT2D eigenvalue weighted by atomic mass is 9.89. The second-order valence-electron chi connectivity index (χ2n) is 5.49. The van der Waals surface area contributed by atoms with Gasteiger partial charge in [0, 0.05) is 18.5 Å². The van der Waals surface area contributed by atoms with Crippen molar-refractivity contribution >= 4 is 11.3 Å². The molecule has 0 aromatic carbocycles. The van der Waals surface area contributed by atoms with Crippen molar-refractivity contribution in [2.75, 3.05) is 33.4 Å². The van der Waals surface area contributed by atoms with Crippen LogP contribution in [0.5, 0.6) is 0 Å². The molecule has 5 heteroatoms. The third-order valence-electron chi connectivity index (χ3n) is 4.23. The van der Waals surface area contributed by atoms with Crippen LogP contribution in [0.15, 0.2) is 0 Å². The first-order valence-corrected chi connectivity index (χ1v) is 8.09. The van der Waals surface area contributed by atoms with E-state index in [1.54, 1.807) is 7.11 Å². The van der Waals surface area contributed by atoms with Crippen LogP contribution in [0.1, 0.15) is 34.8 Å². The number of rotatable bonds is 5. The van der Waals surface area contributed by atoms with Gasteiger partial charge in [-0.05, 0) is 45.2 Å². The van der Waals surface area contributed by atoms with Crippen LogP contribution < -0.4 is 10.6 Å². The number of hydrogen-bond donors (Lipinski definition) is 2. The molecule has 1 aromatic heterocycles. The molecule has 1 saturated heterocycles. The van der Waals surface area contributed by atoms with Crippen LogP contribution in [-0.2, 0) is 23.1 Å². The maximum absolute atomic E-state index is 5.18. The van der Waals surface area contributed by atoms with Gasteiger partial charge in [0.1, 0.15) is 5.01 Å². The number of aryl methyl sites for hydroxylation is 2. The monoisotopic (exact) mass is 281 g/mol. The second-order valence-corrected chi connectivity index (χ2v) is 6.58. The summed E-state index contributed by atoms with van der Waals surface area (Å²) in [6.45, 7) is 3.81. The molecule has 2 N–H and O–H groups in total. The third-order valence-corrected chi connectivity index (χ3v) is 5.59. The van der Waals surface area contributed by atoms with Crippen LogP contribution in [-0.4, -0.2) is 38.3 Å². The molecule has 106 valence electrons. The lowest BCUT2D eigenvalue weighted by molar-refractivity contribution is 0.170. The Labute approximate surface area is 119 Å². The number of piperidine rings is 1. The summed E-state index contributed by atoms with van der Waals surface area (Å²) in [6.07, 6.45) is 5.96. The highest BCUT2D eigenvalue weighted by Gasteiger charge is 2.37. The lowest BCUT2D eigenvalue weighted by Gasteiger charge is -2.37. The maximum Gasteiger partial charge on any atom is 0.113 e. The van der Waals surface area contributed by atoms with E-state index in [9.17, 15) is 0 Å². The molecular formula is C14H23N3OS. The Morgan fingerprint density at radius 3 is 2.95 bits per heavy atom. The summed E-state index contributed by atoms with van der Waals surface area (Å²) in [5.41, 5.74) is 1.45. The summed E-state index contributed by atoms with van der Waals surface area (Å²) in [4.78, 5) is 6.48. The van der Waals surface area contributed by atoms with E-state index in [1.165, 1.54) is 34.8 Å². The number of nitrogens with one attached hydrogen (secondary N) is 2. The van der Waals surface area contributed by atoms with Crippen LogP contribution in [0.3, 0.4) is 0 Å². The number of ether oxygens (including phenoxy) is 1. The molecule has 0 spiro atoms. The van der Waals surface area contributed by atoms with Gasteiger partial charge in [-0.25, -0.2) is 4.98 Å². The van der Waals surface area contributed by atoms with Gasteiger partial charge in [0.25, 0.3) is 0 Å². The second kappa shape index (κ2) is 5.87. The average molecular weight is 281 g/mol. The summed E-state index contributed by atoms with van der Waals surface area (Å²) in [5.74, 6) is 0. The van der Waals surface area contributed by atoms with Crippen LogP contribution in [0.25, 0.3) is 0 Å². The molecule has 1 aliphatic carbocycles. The number of fused-ring (bicyclic) bond motifs is 1. The SMILES string of the molecule is COCCNC1(c2nc3c(s2)CCC3)CCNCC1. The molecule has 0 atom stereocenters. The third kappa shape index (κ3) is 2.70. The number of aromatic nitrogens is 1. The van der Waals surface area contributed by atoms with Crippen LogP contribution in [0.4, 0.5) is 0 Å². The van der Waals surface area contributed by atoms with Gasteiger partial charge in [-0.2, -0.15) is 0 Å². The first kappa shape index (κ1) is 13.5. The van der Waals surface area contributed by atoms with Crippen molar-refractivity contribution in [1.82, 2.24) is 15.6 Å². The molecule has 0 amide bonds. The Hall–Kier alpha value is -0.490. The lowest BCUT2D eigenvalue weighted by Crippen LogP contribution is -2.50. The molecule has 4 nitrogen and oxygen atoms in total. The Bertz CT molecular complexity index is 405. The van der Waals surface area contributed by atoms with Gasteiger partial charge in [-0.15, -0.1) is 11.3 Å². The van der Waals surface area contributed by atoms with Crippen LogP contribution in [0.2, 0.25) is 0 Å². The van der Waals surface area contributed by atoms with Gasteiger partial charge in [0.05, 0.1) is 17.8 Å². The van der Waals surface area contributed by atoms with Gasteiger partial charge >= 0.3 is 0 Å². The number of hydrogen-bond acceptors (Lipinski definition) is 5. The van der Waals surface area contributed by atoms with Crippen molar-refractivity contribution in [3.8, 4) is 0 Å². The fourth-order valence-corrected chi connectivity index (χ4v) is 4.48. The van der Waals surface area contributed by atoms with Gasteiger partial charge in [-0.3, -0.25) is 0 Å². The fraction of sp³-hybridized carbons (Fsp3) is 0.786. The van der Waals surface area contributed by atoms with E-state index < -0.39 is 0 Å². The van der Waals surface area contributed by atoms with Crippen molar-refractivity contribution in [3.05, 3.63) is 15.6 Å². The first-order chi connectivity index (χ1) is 9.34. The zero-order valence-corrected chi connectivity index (χ0v) is 12.4. The van der Waals surface area contributed by atoms with E-state index in [2.05, 4.69) is 10.6 Å². The maximum atomic E-state index is 5.18. The Kier molecular flexibility index (Phi) is 4.17. The minimum Gasteiger partial charge on any atom is -0.383 e. The molecular weight excluding hydrogens is 258 g/mol. The average Bonchev–Trinajstić information content (AvgIpc) is 3.01. The summed E-state index contributed by atoms with van der Waals surface area (Å²) < 4.78 is 5.18. The van der Waals surface area contributed by atoms with E-state index in [0.29, 0.717) is 0 Å². The van der Waals surface area contributed by atoms with Crippen molar-refractivity contribution in [2.24, 2.45) is 0 Å². The minimum atomic E-state index is 0.0821. The zero-order chi connectivity index (χ0) is 13.1.